The molecule has 1 N–H and O–H groups in total. The zero-order chi connectivity index (χ0) is 45.8. The number of hydrogen-bond acceptors (Lipinski definition) is 9. The predicted octanol–water partition coefficient (Wildman–Crippen LogP) is 12.4. The second-order valence-electron chi connectivity index (χ2n) is 18.6. The van der Waals surface area contributed by atoms with Crippen molar-refractivity contribution in [3.05, 3.63) is 81.5 Å². The quantitative estimate of drug-likeness (QED) is 0.0456. The van der Waals surface area contributed by atoms with Crippen molar-refractivity contribution in [1.29, 1.82) is 0 Å². The standard InChI is InChI=1S/C53H77N5O5S/c1-8-11-13-14-15-16-17-18-19-23-29-62-30-24-28-54-50(59)43-33-38(5)34-44(35-43)55-48-45(42-26-21-20-22-27-42)46(51(60)63-47-39(6)31-37(4)32-40(47)7)49-56-52(57-53(61)58(48)49)64-36-41(10-3)25-12-9-2/h20-22,26-27,33-35,37,39-41,47H,8-19,23-25,28-32,36H2,1-7H3,(H,54,59). The summed E-state index contributed by atoms with van der Waals surface area (Å²) >= 11 is 1.46. The number of allylic oxidation sites excluding steroid dienone is 1. The number of nitrogens with one attached hydrogen (secondary N) is 1. The Hall–Kier alpha value is -4.09. The molecule has 1 aliphatic heterocycles. The van der Waals surface area contributed by atoms with Gasteiger partial charge in [0.1, 0.15) is 11.7 Å². The van der Waals surface area contributed by atoms with Gasteiger partial charge in [-0.2, -0.15) is 4.98 Å². The molecular formula is C53H77N5O5S. The van der Waals surface area contributed by atoms with E-state index in [0.717, 1.165) is 62.9 Å². The van der Waals surface area contributed by atoms with Crippen molar-refractivity contribution in [2.75, 3.05) is 25.5 Å². The highest BCUT2D eigenvalue weighted by molar-refractivity contribution is 7.99. The SMILES string of the molecule is CCCCCCCCCCCCOCCCNC(=O)c1cc(C)cc(N=C2C(c3ccccc3)=C(C(=O)OC3C(C)CC(C)CC3C)c3nc(SCC(CC)CCCC)nc(=O)n32)c1. The average molecular weight is 896 g/mol. The van der Waals surface area contributed by atoms with Crippen molar-refractivity contribution in [2.45, 2.75) is 169 Å². The van der Waals surface area contributed by atoms with Gasteiger partial charge in [-0.3, -0.25) is 4.79 Å². The van der Waals surface area contributed by atoms with E-state index in [9.17, 15) is 14.4 Å². The van der Waals surface area contributed by atoms with Crippen LogP contribution in [0.1, 0.15) is 178 Å². The van der Waals surface area contributed by atoms with Crippen LogP contribution >= 0.6 is 11.8 Å². The van der Waals surface area contributed by atoms with Gasteiger partial charge in [-0.05, 0) is 92.0 Å². The fraction of sp³-hybridized carbons (Fsp3) is 0.623. The Kier molecular flexibility index (Phi) is 21.3. The van der Waals surface area contributed by atoms with Crippen LogP contribution in [-0.4, -0.2) is 63.9 Å². The number of amides is 1. The second kappa shape index (κ2) is 26.8. The van der Waals surface area contributed by atoms with Gasteiger partial charge in [0.05, 0.1) is 5.69 Å². The Balaban J connectivity index is 1.37. The number of aliphatic imine (C=N–C) groups is 1. The normalized spacial score (nSPS) is 19.5. The van der Waals surface area contributed by atoms with Crippen molar-refractivity contribution in [1.82, 2.24) is 19.9 Å². The van der Waals surface area contributed by atoms with E-state index in [0.29, 0.717) is 59.0 Å². The summed E-state index contributed by atoms with van der Waals surface area (Å²) in [5, 5.41) is 3.38. The van der Waals surface area contributed by atoms with Gasteiger partial charge in [0.25, 0.3) is 5.91 Å². The fourth-order valence-electron chi connectivity index (χ4n) is 9.38. The molecule has 0 saturated heterocycles. The van der Waals surface area contributed by atoms with Gasteiger partial charge in [0.15, 0.2) is 16.8 Å². The number of benzene rings is 2. The molecule has 0 radical (unpaired) electrons. The molecular weight excluding hydrogens is 819 g/mol. The minimum atomic E-state index is -0.571. The van der Waals surface area contributed by atoms with Gasteiger partial charge in [0, 0.05) is 36.6 Å². The summed E-state index contributed by atoms with van der Waals surface area (Å²) in [6.45, 7) is 16.9. The number of nitrogens with zero attached hydrogens (tertiary/aromatic N) is 4. The van der Waals surface area contributed by atoms with Crippen molar-refractivity contribution in [3.63, 3.8) is 0 Å². The molecule has 2 aliphatic rings. The summed E-state index contributed by atoms with van der Waals surface area (Å²) in [7, 11) is 0. The van der Waals surface area contributed by atoms with Crippen molar-refractivity contribution in [2.24, 2.45) is 28.7 Å². The molecule has 11 heteroatoms. The number of hydrogen-bond donors (Lipinski definition) is 1. The Morgan fingerprint density at radius 3 is 2.17 bits per heavy atom. The molecule has 1 aromatic heterocycles. The number of thioether (sulfide) groups is 1. The lowest BCUT2D eigenvalue weighted by Crippen LogP contribution is -2.37. The number of carbonyl (C=O) groups is 2. The third-order valence-corrected chi connectivity index (χ3v) is 13.9. The molecule has 0 spiro atoms. The third kappa shape index (κ3) is 15.0. The molecule has 3 unspecified atom stereocenters. The van der Waals surface area contributed by atoms with E-state index in [1.54, 1.807) is 6.07 Å². The monoisotopic (exact) mass is 896 g/mol. The van der Waals surface area contributed by atoms with Gasteiger partial charge in [-0.15, -0.1) is 0 Å². The number of ether oxygens (including phenoxy) is 2. The fourth-order valence-corrected chi connectivity index (χ4v) is 10.5. The van der Waals surface area contributed by atoms with E-state index >= 15 is 0 Å². The van der Waals surface area contributed by atoms with E-state index in [4.69, 9.17) is 19.5 Å². The van der Waals surface area contributed by atoms with Crippen LogP contribution in [0.5, 0.6) is 0 Å². The maximum atomic E-state index is 14.8. The van der Waals surface area contributed by atoms with Gasteiger partial charge in [-0.1, -0.05) is 161 Å². The molecule has 1 aliphatic carbocycles. The number of carbonyl (C=O) groups excluding carboxylic acids is 2. The smallest absolute Gasteiger partial charge is 0.357 e. The molecule has 2 aromatic carbocycles. The summed E-state index contributed by atoms with van der Waals surface area (Å²) in [4.78, 5) is 57.2. The maximum absolute atomic E-state index is 14.8. The van der Waals surface area contributed by atoms with E-state index in [2.05, 4.69) is 51.8 Å². The van der Waals surface area contributed by atoms with Crippen LogP contribution in [0.25, 0.3) is 11.1 Å². The van der Waals surface area contributed by atoms with Gasteiger partial charge in [0.2, 0.25) is 0 Å². The second-order valence-corrected chi connectivity index (χ2v) is 19.6. The summed E-state index contributed by atoms with van der Waals surface area (Å²) in [5.74, 6) is 1.76. The molecule has 350 valence electrons. The van der Waals surface area contributed by atoms with Crippen LogP contribution in [0.3, 0.4) is 0 Å². The highest BCUT2D eigenvalue weighted by atomic mass is 32.2. The van der Waals surface area contributed by atoms with Crippen LogP contribution in [-0.2, 0) is 14.3 Å². The Bertz CT molecular complexity index is 2050. The van der Waals surface area contributed by atoms with E-state index in [1.165, 1.54) is 74.1 Å². The lowest BCUT2D eigenvalue weighted by Gasteiger charge is -2.37. The number of unbranched alkanes of at least 4 members (excludes halogenated alkanes) is 10. The largest absolute Gasteiger partial charge is 0.458 e. The molecule has 3 aromatic rings. The predicted molar refractivity (Wildman–Crippen MR) is 263 cm³/mol. The number of aromatic nitrogens is 3. The highest BCUT2D eigenvalue weighted by Crippen LogP contribution is 2.40. The molecule has 10 nitrogen and oxygen atoms in total. The minimum Gasteiger partial charge on any atom is -0.458 e. The van der Waals surface area contributed by atoms with Crippen molar-refractivity contribution < 1.29 is 19.1 Å². The maximum Gasteiger partial charge on any atom is 0.357 e. The first-order valence-corrected chi connectivity index (χ1v) is 25.7. The Labute approximate surface area is 388 Å². The summed E-state index contributed by atoms with van der Waals surface area (Å²) in [5.41, 5.74) is 2.51. The van der Waals surface area contributed by atoms with Gasteiger partial charge >= 0.3 is 11.7 Å². The molecule has 2 heterocycles. The zero-order valence-corrected chi connectivity index (χ0v) is 40.9. The Morgan fingerprint density at radius 2 is 1.50 bits per heavy atom. The van der Waals surface area contributed by atoms with Crippen LogP contribution in [0.2, 0.25) is 0 Å². The zero-order valence-electron chi connectivity index (χ0n) is 40.1. The average Bonchev–Trinajstić information content (AvgIpc) is 3.60. The highest BCUT2D eigenvalue weighted by Gasteiger charge is 2.41. The lowest BCUT2D eigenvalue weighted by molar-refractivity contribution is -0.150. The lowest BCUT2D eigenvalue weighted by atomic mass is 9.75. The molecule has 5 rings (SSSR count). The summed E-state index contributed by atoms with van der Waals surface area (Å²) in [6.07, 6.45) is 19.7. The number of rotatable bonds is 27. The first-order chi connectivity index (χ1) is 31.0. The van der Waals surface area contributed by atoms with E-state index in [1.807, 2.05) is 49.4 Å². The van der Waals surface area contributed by atoms with Crippen LogP contribution < -0.4 is 11.0 Å². The summed E-state index contributed by atoms with van der Waals surface area (Å²) in [6, 6.07) is 14.9. The topological polar surface area (TPSA) is 125 Å². The van der Waals surface area contributed by atoms with E-state index < -0.39 is 11.7 Å². The van der Waals surface area contributed by atoms with Crippen LogP contribution in [0.4, 0.5) is 5.69 Å². The number of esters is 1. The molecule has 3 atom stereocenters. The number of fused-ring (bicyclic) bond motifs is 1. The van der Waals surface area contributed by atoms with Crippen molar-refractivity contribution >= 4 is 46.3 Å². The molecule has 64 heavy (non-hydrogen) atoms. The van der Waals surface area contributed by atoms with Crippen LogP contribution in [0, 0.1) is 30.6 Å². The Morgan fingerprint density at radius 1 is 0.844 bits per heavy atom. The third-order valence-electron chi connectivity index (χ3n) is 12.8. The molecule has 0 bridgehead atoms. The van der Waals surface area contributed by atoms with Gasteiger partial charge < -0.3 is 14.8 Å². The van der Waals surface area contributed by atoms with Crippen LogP contribution in [0.15, 0.2) is 63.5 Å². The first kappa shape index (κ1) is 50.9. The van der Waals surface area contributed by atoms with Crippen molar-refractivity contribution in [3.8, 4) is 0 Å². The van der Waals surface area contributed by atoms with E-state index in [-0.39, 0.29) is 41.1 Å². The first-order valence-electron chi connectivity index (χ1n) is 24.8. The molecule has 1 amide bonds. The summed E-state index contributed by atoms with van der Waals surface area (Å²) < 4.78 is 13.7. The van der Waals surface area contributed by atoms with Gasteiger partial charge in [-0.25, -0.2) is 24.1 Å². The minimum absolute atomic E-state index is 0.171. The molecule has 1 fully saturated rings. The molecule has 1 saturated carbocycles. The number of aryl methyl sites for hydroxylation is 1.